The number of hydrogen-bond acceptors (Lipinski definition) is 7. The summed E-state index contributed by atoms with van der Waals surface area (Å²) in [5, 5.41) is 15.9. The van der Waals surface area contributed by atoms with E-state index in [9.17, 15) is 8.42 Å². The van der Waals surface area contributed by atoms with Gasteiger partial charge in [0.1, 0.15) is 11.6 Å². The van der Waals surface area contributed by atoms with Gasteiger partial charge in [-0.2, -0.15) is 5.10 Å². The van der Waals surface area contributed by atoms with Gasteiger partial charge in [-0.05, 0) is 52.3 Å². The van der Waals surface area contributed by atoms with E-state index in [0.717, 1.165) is 17.0 Å². The quantitative estimate of drug-likeness (QED) is 0.532. The van der Waals surface area contributed by atoms with E-state index in [0.29, 0.717) is 30.5 Å². The number of anilines is 1. The Morgan fingerprint density at radius 1 is 1.07 bits per heavy atom. The van der Waals surface area contributed by atoms with Crippen molar-refractivity contribution in [1.29, 1.82) is 0 Å². The standard InChI is InChI=1S/C18H26N8O2S/c1-6-25-11-18(21-15(25)5)29(27,28)20-10-9-19-16-7-8-17(23-22-16)26-14(4)12(2)13(3)24-26/h7-8,11,20H,6,9-10H2,1-5H3,(H,19,22). The van der Waals surface area contributed by atoms with Crippen molar-refractivity contribution in [3.05, 3.63) is 41.1 Å². The largest absolute Gasteiger partial charge is 0.367 e. The molecule has 0 aliphatic rings. The molecule has 0 spiro atoms. The summed E-state index contributed by atoms with van der Waals surface area (Å²) < 4.78 is 30.7. The molecule has 0 bridgehead atoms. The van der Waals surface area contributed by atoms with Crippen molar-refractivity contribution in [3.8, 4) is 5.82 Å². The van der Waals surface area contributed by atoms with E-state index >= 15 is 0 Å². The fraction of sp³-hybridized carbons (Fsp3) is 0.444. The average molecular weight is 419 g/mol. The van der Waals surface area contributed by atoms with Gasteiger partial charge in [-0.15, -0.1) is 10.2 Å². The average Bonchev–Trinajstić information content (AvgIpc) is 3.21. The highest BCUT2D eigenvalue weighted by molar-refractivity contribution is 7.89. The number of hydrogen-bond donors (Lipinski definition) is 2. The predicted octanol–water partition coefficient (Wildman–Crippen LogP) is 1.50. The van der Waals surface area contributed by atoms with Crippen LogP contribution in [-0.2, 0) is 16.6 Å². The van der Waals surface area contributed by atoms with Gasteiger partial charge in [-0.25, -0.2) is 22.8 Å². The zero-order chi connectivity index (χ0) is 21.2. The van der Waals surface area contributed by atoms with Crippen molar-refractivity contribution in [2.75, 3.05) is 18.4 Å². The van der Waals surface area contributed by atoms with Crippen LogP contribution in [0.25, 0.3) is 5.82 Å². The van der Waals surface area contributed by atoms with Crippen LogP contribution in [0.5, 0.6) is 0 Å². The smallest absolute Gasteiger partial charge is 0.259 e. The Morgan fingerprint density at radius 2 is 1.83 bits per heavy atom. The van der Waals surface area contributed by atoms with Crippen LogP contribution in [0.2, 0.25) is 0 Å². The Bertz CT molecular complexity index is 1100. The normalized spacial score (nSPS) is 11.8. The molecule has 3 heterocycles. The van der Waals surface area contributed by atoms with Crippen molar-refractivity contribution in [1.82, 2.24) is 34.3 Å². The summed E-state index contributed by atoms with van der Waals surface area (Å²) in [7, 11) is -3.65. The van der Waals surface area contributed by atoms with Crippen molar-refractivity contribution >= 4 is 15.8 Å². The third-order valence-corrected chi connectivity index (χ3v) is 6.15. The fourth-order valence-electron chi connectivity index (χ4n) is 2.85. The van der Waals surface area contributed by atoms with Crippen LogP contribution in [0.3, 0.4) is 0 Å². The Kier molecular flexibility index (Phi) is 5.99. The van der Waals surface area contributed by atoms with Gasteiger partial charge in [0.25, 0.3) is 10.0 Å². The second kappa shape index (κ2) is 8.29. The highest BCUT2D eigenvalue weighted by atomic mass is 32.2. The Morgan fingerprint density at radius 3 is 2.38 bits per heavy atom. The van der Waals surface area contributed by atoms with Gasteiger partial charge in [0.15, 0.2) is 10.8 Å². The van der Waals surface area contributed by atoms with E-state index in [1.165, 1.54) is 6.20 Å². The fourth-order valence-corrected chi connectivity index (χ4v) is 3.89. The molecule has 3 aromatic heterocycles. The van der Waals surface area contributed by atoms with Crippen molar-refractivity contribution in [3.63, 3.8) is 0 Å². The van der Waals surface area contributed by atoms with Crippen LogP contribution in [0, 0.1) is 27.7 Å². The molecule has 11 heteroatoms. The molecule has 0 radical (unpaired) electrons. The van der Waals surface area contributed by atoms with Crippen molar-refractivity contribution in [2.45, 2.75) is 46.2 Å². The summed E-state index contributed by atoms with van der Waals surface area (Å²) in [4.78, 5) is 4.10. The first-order valence-electron chi connectivity index (χ1n) is 9.37. The minimum absolute atomic E-state index is 0.0289. The summed E-state index contributed by atoms with van der Waals surface area (Å²) in [5.74, 6) is 1.85. The molecule has 0 saturated carbocycles. The van der Waals surface area contributed by atoms with E-state index in [-0.39, 0.29) is 11.6 Å². The molecule has 2 N–H and O–H groups in total. The summed E-state index contributed by atoms with van der Waals surface area (Å²) in [5.41, 5.74) is 3.10. The Labute approximate surface area is 170 Å². The number of sulfonamides is 1. The summed E-state index contributed by atoms with van der Waals surface area (Å²) in [6, 6.07) is 3.60. The molecule has 29 heavy (non-hydrogen) atoms. The number of aryl methyl sites for hydroxylation is 3. The first-order chi connectivity index (χ1) is 13.7. The lowest BCUT2D eigenvalue weighted by Gasteiger charge is -2.07. The lowest BCUT2D eigenvalue weighted by Crippen LogP contribution is -2.29. The minimum Gasteiger partial charge on any atom is -0.367 e. The third kappa shape index (κ3) is 4.46. The summed E-state index contributed by atoms with van der Waals surface area (Å²) >= 11 is 0. The van der Waals surface area contributed by atoms with Crippen LogP contribution < -0.4 is 10.0 Å². The summed E-state index contributed by atoms with van der Waals surface area (Å²) in [6.45, 7) is 10.9. The second-order valence-corrected chi connectivity index (χ2v) is 8.44. The summed E-state index contributed by atoms with van der Waals surface area (Å²) in [6.07, 6.45) is 1.54. The molecule has 0 aromatic carbocycles. The molecule has 10 nitrogen and oxygen atoms in total. The zero-order valence-electron chi connectivity index (χ0n) is 17.3. The van der Waals surface area contributed by atoms with Crippen molar-refractivity contribution in [2.24, 2.45) is 0 Å². The predicted molar refractivity (Wildman–Crippen MR) is 110 cm³/mol. The maximum Gasteiger partial charge on any atom is 0.259 e. The minimum atomic E-state index is -3.65. The van der Waals surface area contributed by atoms with E-state index in [2.05, 4.69) is 30.3 Å². The molecule has 0 atom stereocenters. The molecule has 0 fully saturated rings. The SMILES string of the molecule is CCn1cc(S(=O)(=O)NCCNc2ccc(-n3nc(C)c(C)c3C)nn2)nc1C. The molecule has 0 aliphatic carbocycles. The van der Waals surface area contributed by atoms with E-state index in [1.807, 2.05) is 33.8 Å². The first-order valence-corrected chi connectivity index (χ1v) is 10.9. The molecule has 156 valence electrons. The molecule has 3 aromatic rings. The Hall–Kier alpha value is -2.79. The lowest BCUT2D eigenvalue weighted by atomic mass is 10.2. The topological polar surface area (TPSA) is 120 Å². The zero-order valence-corrected chi connectivity index (χ0v) is 18.1. The van der Waals surface area contributed by atoms with Gasteiger partial charge >= 0.3 is 0 Å². The number of rotatable bonds is 8. The Balaban J connectivity index is 1.56. The maximum atomic E-state index is 12.3. The van der Waals surface area contributed by atoms with Gasteiger partial charge in [-0.1, -0.05) is 0 Å². The monoisotopic (exact) mass is 418 g/mol. The van der Waals surface area contributed by atoms with Gasteiger partial charge in [0.05, 0.1) is 5.69 Å². The van der Waals surface area contributed by atoms with E-state index in [4.69, 9.17) is 0 Å². The van der Waals surface area contributed by atoms with E-state index in [1.54, 1.807) is 22.2 Å². The molecule has 0 amide bonds. The number of nitrogens with one attached hydrogen (secondary N) is 2. The number of nitrogens with zero attached hydrogens (tertiary/aromatic N) is 6. The third-order valence-electron chi connectivity index (χ3n) is 4.81. The molecular formula is C18H26N8O2S. The van der Waals surface area contributed by atoms with Gasteiger partial charge in [-0.3, -0.25) is 0 Å². The van der Waals surface area contributed by atoms with Crippen LogP contribution >= 0.6 is 0 Å². The van der Waals surface area contributed by atoms with Crippen LogP contribution in [0.15, 0.2) is 23.4 Å². The number of imidazole rings is 1. The highest BCUT2D eigenvalue weighted by Crippen LogP contribution is 2.15. The lowest BCUT2D eigenvalue weighted by molar-refractivity contribution is 0.579. The molecule has 3 rings (SSSR count). The highest BCUT2D eigenvalue weighted by Gasteiger charge is 2.18. The van der Waals surface area contributed by atoms with Gasteiger partial charge in [0, 0.05) is 31.5 Å². The molecule has 0 saturated heterocycles. The molecule has 0 unspecified atom stereocenters. The molecular weight excluding hydrogens is 392 g/mol. The van der Waals surface area contributed by atoms with Crippen LogP contribution in [0.4, 0.5) is 5.82 Å². The van der Waals surface area contributed by atoms with Crippen LogP contribution in [-0.4, -0.2) is 51.0 Å². The number of aromatic nitrogens is 6. The molecule has 0 aliphatic heterocycles. The van der Waals surface area contributed by atoms with E-state index < -0.39 is 10.0 Å². The maximum absolute atomic E-state index is 12.3. The van der Waals surface area contributed by atoms with Gasteiger partial charge in [0.2, 0.25) is 0 Å². The van der Waals surface area contributed by atoms with Gasteiger partial charge < -0.3 is 9.88 Å². The second-order valence-electron chi connectivity index (χ2n) is 6.72. The van der Waals surface area contributed by atoms with Crippen molar-refractivity contribution < 1.29 is 8.42 Å². The first kappa shape index (κ1) is 20.9. The van der Waals surface area contributed by atoms with Crippen LogP contribution in [0.1, 0.15) is 29.7 Å².